The van der Waals surface area contributed by atoms with Crippen molar-refractivity contribution < 1.29 is 29.5 Å². The molecule has 0 aliphatic carbocycles. The lowest BCUT2D eigenvalue weighted by atomic mass is 9.78. The van der Waals surface area contributed by atoms with Crippen molar-refractivity contribution in [3.05, 3.63) is 123 Å². The predicted molar refractivity (Wildman–Crippen MR) is 269 cm³/mol. The van der Waals surface area contributed by atoms with Crippen LogP contribution >= 0.6 is 62.3 Å². The number of benzene rings is 2. The highest BCUT2D eigenvalue weighted by atomic mass is 32.2. The van der Waals surface area contributed by atoms with Crippen molar-refractivity contribution in [3.8, 4) is 11.5 Å². The predicted octanol–water partition coefficient (Wildman–Crippen LogP) is 2.09. The smallest absolute Gasteiger partial charge is 0.336 e. The van der Waals surface area contributed by atoms with Crippen LogP contribution < -0.4 is 43.6 Å². The van der Waals surface area contributed by atoms with Gasteiger partial charge in [-0.05, 0) is 78.8 Å². The van der Waals surface area contributed by atoms with Gasteiger partial charge in [-0.25, -0.2) is 65.9 Å². The van der Waals surface area contributed by atoms with Crippen molar-refractivity contribution in [2.45, 2.75) is 77.7 Å². The minimum absolute atomic E-state index is 0.00615. The van der Waals surface area contributed by atoms with E-state index in [4.69, 9.17) is 24.4 Å². The SMILES string of the molecule is CC(O)COc1ccc(C(C)(C)c2ccc(OCSCCO)cc2)cc1.Cn1c(=O)n(C)c(=O)n(CCOOCCS)c1=O.O=c1n(CCCS)c(=O)n(CCCS)c(=O)n1CCCS. The minimum atomic E-state index is -0.680. The van der Waals surface area contributed by atoms with Crippen LogP contribution in [0.5, 0.6) is 11.5 Å². The maximum absolute atomic E-state index is 12.3. The summed E-state index contributed by atoms with van der Waals surface area (Å²) in [6.45, 7) is 7.68. The summed E-state index contributed by atoms with van der Waals surface area (Å²) in [6, 6.07) is 16.1. The molecule has 23 heteroatoms. The maximum atomic E-state index is 12.3. The van der Waals surface area contributed by atoms with E-state index in [1.54, 1.807) is 18.7 Å². The van der Waals surface area contributed by atoms with Crippen LogP contribution in [0, 0.1) is 0 Å². The number of ether oxygens (including phenoxy) is 2. The Hall–Kier alpha value is -3.55. The fourth-order valence-corrected chi connectivity index (χ4v) is 6.77. The minimum Gasteiger partial charge on any atom is -0.491 e. The van der Waals surface area contributed by atoms with E-state index < -0.39 is 40.2 Å². The molecule has 0 aliphatic heterocycles. The molecule has 0 saturated heterocycles. The van der Waals surface area contributed by atoms with Crippen LogP contribution in [0.3, 0.4) is 0 Å². The first kappa shape index (κ1) is 57.6. The van der Waals surface area contributed by atoms with Crippen LogP contribution in [-0.2, 0) is 55.5 Å². The summed E-state index contributed by atoms with van der Waals surface area (Å²) in [7, 11) is 2.61. The standard InChI is InChI=1S/C21H28O4S.C12H21N3O3S3.C9H15N3O5S/c1-16(23)14-24-19-8-4-17(5-9-19)21(2,3)18-6-10-20(11-7-18)25-15-26-13-12-22;16-10-13(4-1-7-19)11(17)15(6-3-9-21)12(18)14(10)5-2-8-20;1-10-7(13)11(2)9(15)12(8(10)14)3-4-16-17-5-6-18/h4-11,16,22-23H,12-15H2,1-3H3;19-21H,1-9H2;18H,3-6H2,1-2H3. The molecule has 0 radical (unpaired) electrons. The first-order chi connectivity index (χ1) is 31.0. The van der Waals surface area contributed by atoms with Crippen molar-refractivity contribution in [2.75, 3.05) is 61.1 Å². The molecule has 2 N–H and O–H groups in total. The molecule has 65 heavy (non-hydrogen) atoms. The zero-order chi connectivity index (χ0) is 48.5. The number of hydrogen-bond acceptors (Lipinski definition) is 17. The molecule has 2 heterocycles. The zero-order valence-corrected chi connectivity index (χ0v) is 42.0. The van der Waals surface area contributed by atoms with Gasteiger partial charge in [-0.1, -0.05) is 38.1 Å². The fraction of sp³-hybridized carbons (Fsp3) is 0.571. The molecular weight excluding hydrogens is 941 g/mol. The Bertz CT molecular complexity index is 2220. The van der Waals surface area contributed by atoms with E-state index in [-0.39, 0.29) is 44.8 Å². The Morgan fingerprint density at radius 2 is 0.985 bits per heavy atom. The topological polar surface area (TPSA) is 209 Å². The zero-order valence-electron chi connectivity index (χ0n) is 37.6. The van der Waals surface area contributed by atoms with Crippen LogP contribution in [0.25, 0.3) is 0 Å². The van der Waals surface area contributed by atoms with Crippen molar-refractivity contribution in [2.24, 2.45) is 14.1 Å². The van der Waals surface area contributed by atoms with E-state index in [0.717, 1.165) is 38.9 Å². The molecule has 0 fully saturated rings. The van der Waals surface area contributed by atoms with Gasteiger partial charge in [0.1, 0.15) is 30.7 Å². The Kier molecular flexibility index (Phi) is 27.2. The highest BCUT2D eigenvalue weighted by molar-refractivity contribution is 7.99. The van der Waals surface area contributed by atoms with Crippen molar-refractivity contribution >= 4 is 62.3 Å². The largest absolute Gasteiger partial charge is 0.491 e. The summed E-state index contributed by atoms with van der Waals surface area (Å²) in [5.41, 5.74) is -1.41. The number of thiol groups is 4. The third kappa shape index (κ3) is 18.2. The molecule has 4 aromatic rings. The second-order valence-corrected chi connectivity index (χ2v) is 17.6. The first-order valence-electron chi connectivity index (χ1n) is 20.8. The Balaban J connectivity index is 0.000000342. The average Bonchev–Trinajstić information content (AvgIpc) is 3.30. The molecular formula is C42H64N6O12S5. The molecule has 0 aliphatic rings. The van der Waals surface area contributed by atoms with Crippen LogP contribution in [-0.4, -0.2) is 105 Å². The second-order valence-electron chi connectivity index (χ2n) is 14.7. The fourth-order valence-electron chi connectivity index (χ4n) is 5.80. The highest BCUT2D eigenvalue weighted by Crippen LogP contribution is 2.33. The summed E-state index contributed by atoms with van der Waals surface area (Å²) in [4.78, 5) is 81.1. The van der Waals surface area contributed by atoms with Gasteiger partial charge in [-0.2, -0.15) is 50.5 Å². The number of aliphatic hydroxyl groups excluding tert-OH is 2. The van der Waals surface area contributed by atoms with Gasteiger partial charge in [0.25, 0.3) is 0 Å². The number of nitrogens with zero attached hydrogens (tertiary/aromatic N) is 6. The summed E-state index contributed by atoms with van der Waals surface area (Å²) >= 11 is 17.7. The molecule has 2 aromatic heterocycles. The van der Waals surface area contributed by atoms with E-state index in [9.17, 15) is 33.9 Å². The Morgan fingerprint density at radius 1 is 0.585 bits per heavy atom. The normalized spacial score (nSPS) is 11.6. The van der Waals surface area contributed by atoms with Gasteiger partial charge in [0.2, 0.25) is 0 Å². The van der Waals surface area contributed by atoms with Gasteiger partial charge >= 0.3 is 34.1 Å². The molecule has 0 bridgehead atoms. The summed E-state index contributed by atoms with van der Waals surface area (Å²) in [6.07, 6.45) is 1.30. The Labute approximate surface area is 404 Å². The van der Waals surface area contributed by atoms with Crippen molar-refractivity contribution in [1.29, 1.82) is 0 Å². The summed E-state index contributed by atoms with van der Waals surface area (Å²) in [5, 5.41) is 18.1. The summed E-state index contributed by atoms with van der Waals surface area (Å²) < 4.78 is 17.2. The molecule has 1 unspecified atom stereocenters. The monoisotopic (exact) mass is 1000 g/mol. The van der Waals surface area contributed by atoms with Crippen LogP contribution in [0.2, 0.25) is 0 Å². The first-order valence-corrected chi connectivity index (χ1v) is 24.5. The molecule has 18 nitrogen and oxygen atoms in total. The van der Waals surface area contributed by atoms with E-state index in [2.05, 4.69) is 88.6 Å². The van der Waals surface area contributed by atoms with Gasteiger partial charge < -0.3 is 19.7 Å². The van der Waals surface area contributed by atoms with E-state index in [1.807, 2.05) is 24.3 Å². The van der Waals surface area contributed by atoms with E-state index in [0.29, 0.717) is 67.2 Å². The van der Waals surface area contributed by atoms with Gasteiger partial charge in [0.15, 0.2) is 0 Å². The van der Waals surface area contributed by atoms with Gasteiger partial charge in [-0.15, -0.1) is 11.8 Å². The lowest BCUT2D eigenvalue weighted by molar-refractivity contribution is -0.291. The van der Waals surface area contributed by atoms with Crippen molar-refractivity contribution in [3.63, 3.8) is 0 Å². The van der Waals surface area contributed by atoms with Gasteiger partial charge in [-0.3, -0.25) is 0 Å². The van der Waals surface area contributed by atoms with E-state index >= 15 is 0 Å². The number of thioether (sulfide) groups is 1. The van der Waals surface area contributed by atoms with Crippen LogP contribution in [0.1, 0.15) is 51.2 Å². The van der Waals surface area contributed by atoms with Gasteiger partial charge in [0.05, 0.1) is 25.9 Å². The van der Waals surface area contributed by atoms with Gasteiger partial charge in [0, 0.05) is 50.7 Å². The lowest BCUT2D eigenvalue weighted by Crippen LogP contribution is -2.54. The molecule has 1 atom stereocenters. The average molecular weight is 1010 g/mol. The maximum Gasteiger partial charge on any atom is 0.336 e. The molecule has 4 rings (SSSR count). The van der Waals surface area contributed by atoms with Crippen LogP contribution in [0.15, 0.2) is 77.3 Å². The third-order valence-corrected chi connectivity index (χ3v) is 11.3. The van der Waals surface area contributed by atoms with Crippen LogP contribution in [0.4, 0.5) is 0 Å². The van der Waals surface area contributed by atoms with Crippen molar-refractivity contribution in [1.82, 2.24) is 27.4 Å². The molecule has 0 spiro atoms. The second kappa shape index (κ2) is 30.7. The number of rotatable bonds is 25. The molecule has 364 valence electrons. The molecule has 0 saturated carbocycles. The third-order valence-electron chi connectivity index (χ3n) is 9.46. The Morgan fingerprint density at radius 3 is 1.37 bits per heavy atom. The lowest BCUT2D eigenvalue weighted by Gasteiger charge is -2.26. The highest BCUT2D eigenvalue weighted by Gasteiger charge is 2.23. The quantitative estimate of drug-likeness (QED) is 0.0185. The summed E-state index contributed by atoms with van der Waals surface area (Å²) in [5.74, 6) is 5.02. The number of hydrogen-bond donors (Lipinski definition) is 6. The van der Waals surface area contributed by atoms with E-state index in [1.165, 1.54) is 25.2 Å². The number of aromatic nitrogens is 6. The molecule has 0 amide bonds. The number of aliphatic hydroxyl groups is 2. The molecule has 2 aromatic carbocycles.